The SMILES string of the molecule is C[C@@](N)(CO)C(=O)Nc1ccc(Oc2ccc3c(c2)[nH]c2ccccc23)cc1. The topological polar surface area (TPSA) is 100 Å². The van der Waals surface area contributed by atoms with Gasteiger partial charge >= 0.3 is 0 Å². The zero-order chi connectivity index (χ0) is 19.7. The fourth-order valence-corrected chi connectivity index (χ4v) is 2.99. The van der Waals surface area contributed by atoms with E-state index in [0.717, 1.165) is 16.4 Å². The summed E-state index contributed by atoms with van der Waals surface area (Å²) in [6.07, 6.45) is 0. The molecule has 0 aliphatic rings. The van der Waals surface area contributed by atoms with Crippen LogP contribution < -0.4 is 15.8 Å². The number of amides is 1. The van der Waals surface area contributed by atoms with Gasteiger partial charge in [-0.2, -0.15) is 0 Å². The highest BCUT2D eigenvalue weighted by Crippen LogP contribution is 2.30. The Balaban J connectivity index is 1.51. The minimum Gasteiger partial charge on any atom is -0.457 e. The Hall–Kier alpha value is -3.35. The van der Waals surface area contributed by atoms with Crippen molar-refractivity contribution in [3.63, 3.8) is 0 Å². The minimum absolute atomic E-state index is 0.434. The number of aromatic nitrogens is 1. The number of aromatic amines is 1. The molecule has 0 radical (unpaired) electrons. The molecule has 1 amide bonds. The van der Waals surface area contributed by atoms with Gasteiger partial charge in [-0.25, -0.2) is 0 Å². The zero-order valence-electron chi connectivity index (χ0n) is 15.4. The lowest BCUT2D eigenvalue weighted by molar-refractivity contribution is -0.121. The lowest BCUT2D eigenvalue weighted by Crippen LogP contribution is -2.51. The summed E-state index contributed by atoms with van der Waals surface area (Å²) >= 11 is 0. The number of benzene rings is 3. The van der Waals surface area contributed by atoms with Gasteiger partial charge in [0, 0.05) is 28.0 Å². The first-order chi connectivity index (χ1) is 13.5. The second-order valence-corrected chi connectivity index (χ2v) is 7.03. The standard InChI is InChI=1S/C22H21N3O3/c1-22(23,13-26)21(27)24-14-6-8-15(9-7-14)28-16-10-11-18-17-4-2-3-5-19(17)25-20(18)12-16/h2-12,25-26H,13,23H2,1H3,(H,24,27)/t22-/m1/s1. The maximum absolute atomic E-state index is 12.0. The summed E-state index contributed by atoms with van der Waals surface area (Å²) in [5.74, 6) is 0.907. The number of H-pyrrole nitrogens is 1. The molecule has 6 heteroatoms. The van der Waals surface area contributed by atoms with Gasteiger partial charge in [0.15, 0.2) is 0 Å². The summed E-state index contributed by atoms with van der Waals surface area (Å²) in [6.45, 7) is 1.04. The van der Waals surface area contributed by atoms with E-state index in [0.29, 0.717) is 17.2 Å². The average Bonchev–Trinajstić information content (AvgIpc) is 3.07. The minimum atomic E-state index is -1.33. The number of fused-ring (bicyclic) bond motifs is 3. The van der Waals surface area contributed by atoms with E-state index in [1.165, 1.54) is 12.3 Å². The normalized spacial score (nSPS) is 13.4. The van der Waals surface area contributed by atoms with Crippen LogP contribution in [-0.2, 0) is 4.79 Å². The van der Waals surface area contributed by atoms with Crippen molar-refractivity contribution in [2.45, 2.75) is 12.5 Å². The maximum Gasteiger partial charge on any atom is 0.246 e. The molecule has 6 nitrogen and oxygen atoms in total. The second kappa shape index (κ2) is 6.99. The van der Waals surface area contributed by atoms with Crippen LogP contribution in [0.5, 0.6) is 11.5 Å². The number of hydrogen-bond acceptors (Lipinski definition) is 4. The van der Waals surface area contributed by atoms with Gasteiger partial charge in [0.25, 0.3) is 0 Å². The number of ether oxygens (including phenoxy) is 1. The highest BCUT2D eigenvalue weighted by Gasteiger charge is 2.27. The summed E-state index contributed by atoms with van der Waals surface area (Å²) in [7, 11) is 0. The molecule has 142 valence electrons. The van der Waals surface area contributed by atoms with Crippen LogP contribution in [0.2, 0.25) is 0 Å². The molecule has 0 saturated carbocycles. The van der Waals surface area contributed by atoms with Crippen LogP contribution in [0, 0.1) is 0 Å². The first-order valence-electron chi connectivity index (χ1n) is 8.96. The van der Waals surface area contributed by atoms with E-state index in [1.54, 1.807) is 24.3 Å². The molecule has 0 aliphatic carbocycles. The van der Waals surface area contributed by atoms with E-state index in [1.807, 2.05) is 36.4 Å². The Morgan fingerprint density at radius 3 is 2.46 bits per heavy atom. The van der Waals surface area contributed by atoms with Crippen molar-refractivity contribution in [3.05, 3.63) is 66.7 Å². The van der Waals surface area contributed by atoms with E-state index in [4.69, 9.17) is 15.6 Å². The molecule has 3 aromatic carbocycles. The van der Waals surface area contributed by atoms with Crippen molar-refractivity contribution in [1.29, 1.82) is 0 Å². The highest BCUT2D eigenvalue weighted by atomic mass is 16.5. The molecule has 28 heavy (non-hydrogen) atoms. The van der Waals surface area contributed by atoms with Crippen molar-refractivity contribution < 1.29 is 14.6 Å². The van der Waals surface area contributed by atoms with Gasteiger partial charge in [-0.05, 0) is 49.4 Å². The van der Waals surface area contributed by atoms with Crippen LogP contribution in [0.25, 0.3) is 21.8 Å². The van der Waals surface area contributed by atoms with E-state index in [9.17, 15) is 4.79 Å². The number of aliphatic hydroxyl groups is 1. The van der Waals surface area contributed by atoms with Crippen LogP contribution >= 0.6 is 0 Å². The quantitative estimate of drug-likeness (QED) is 0.427. The third-order valence-corrected chi connectivity index (χ3v) is 4.67. The largest absolute Gasteiger partial charge is 0.457 e. The van der Waals surface area contributed by atoms with E-state index in [-0.39, 0.29) is 0 Å². The van der Waals surface area contributed by atoms with Crippen LogP contribution in [0.3, 0.4) is 0 Å². The molecule has 0 saturated heterocycles. The van der Waals surface area contributed by atoms with Crippen LogP contribution in [0.1, 0.15) is 6.92 Å². The number of aliphatic hydroxyl groups excluding tert-OH is 1. The summed E-state index contributed by atoms with van der Waals surface area (Å²) in [6, 6.07) is 21.1. The van der Waals surface area contributed by atoms with Crippen LogP contribution in [0.15, 0.2) is 66.7 Å². The monoisotopic (exact) mass is 375 g/mol. The molecule has 1 aromatic heterocycles. The Morgan fingerprint density at radius 2 is 1.71 bits per heavy atom. The van der Waals surface area contributed by atoms with Crippen LogP contribution in [0.4, 0.5) is 5.69 Å². The van der Waals surface area contributed by atoms with Gasteiger partial charge in [-0.1, -0.05) is 18.2 Å². The lowest BCUT2D eigenvalue weighted by atomic mass is 10.0. The molecule has 4 aromatic rings. The molecule has 0 aliphatic heterocycles. The molecular weight excluding hydrogens is 354 g/mol. The first kappa shape index (κ1) is 18.0. The van der Waals surface area contributed by atoms with Crippen molar-refractivity contribution in [3.8, 4) is 11.5 Å². The number of carbonyl (C=O) groups excluding carboxylic acids is 1. The molecule has 5 N–H and O–H groups in total. The summed E-state index contributed by atoms with van der Waals surface area (Å²) < 4.78 is 5.93. The third-order valence-electron chi connectivity index (χ3n) is 4.67. The number of rotatable bonds is 5. The molecule has 0 bridgehead atoms. The average molecular weight is 375 g/mol. The molecule has 1 atom stereocenters. The van der Waals surface area contributed by atoms with Crippen molar-refractivity contribution in [2.75, 3.05) is 11.9 Å². The highest BCUT2D eigenvalue weighted by molar-refractivity contribution is 6.07. The van der Waals surface area contributed by atoms with Gasteiger partial charge in [0.2, 0.25) is 5.91 Å². The number of anilines is 1. The lowest BCUT2D eigenvalue weighted by Gasteiger charge is -2.20. The Bertz CT molecular complexity index is 1150. The zero-order valence-corrected chi connectivity index (χ0v) is 15.4. The number of hydrogen-bond donors (Lipinski definition) is 4. The number of nitrogens with two attached hydrogens (primary N) is 1. The molecule has 4 rings (SSSR count). The molecule has 0 spiro atoms. The van der Waals surface area contributed by atoms with Gasteiger partial charge < -0.3 is 25.9 Å². The number of carbonyl (C=O) groups is 1. The number of nitrogens with one attached hydrogen (secondary N) is 2. The predicted octanol–water partition coefficient (Wildman–Crippen LogP) is 3.76. The van der Waals surface area contributed by atoms with Crippen LogP contribution in [-0.4, -0.2) is 28.1 Å². The van der Waals surface area contributed by atoms with Crippen molar-refractivity contribution >= 4 is 33.4 Å². The van der Waals surface area contributed by atoms with E-state index in [2.05, 4.69) is 16.4 Å². The van der Waals surface area contributed by atoms with Crippen molar-refractivity contribution in [1.82, 2.24) is 4.98 Å². The molecule has 0 fully saturated rings. The fraction of sp³-hybridized carbons (Fsp3) is 0.136. The predicted molar refractivity (Wildman–Crippen MR) is 111 cm³/mol. The Kier molecular flexibility index (Phi) is 4.50. The smallest absolute Gasteiger partial charge is 0.246 e. The van der Waals surface area contributed by atoms with Crippen molar-refractivity contribution in [2.24, 2.45) is 5.73 Å². The third kappa shape index (κ3) is 3.43. The Labute approximate surface area is 161 Å². The Morgan fingerprint density at radius 1 is 1.04 bits per heavy atom. The van der Waals surface area contributed by atoms with E-state index < -0.39 is 18.1 Å². The van der Waals surface area contributed by atoms with Gasteiger partial charge in [0.1, 0.15) is 17.0 Å². The van der Waals surface area contributed by atoms with E-state index >= 15 is 0 Å². The summed E-state index contributed by atoms with van der Waals surface area (Å²) in [5.41, 5.74) is 7.07. The first-order valence-corrected chi connectivity index (χ1v) is 8.96. The van der Waals surface area contributed by atoms with Gasteiger partial charge in [-0.15, -0.1) is 0 Å². The number of para-hydroxylation sites is 1. The fourth-order valence-electron chi connectivity index (χ4n) is 2.99. The molecular formula is C22H21N3O3. The summed E-state index contributed by atoms with van der Waals surface area (Å²) in [5, 5.41) is 14.2. The van der Waals surface area contributed by atoms with Gasteiger partial charge in [0.05, 0.1) is 12.1 Å². The molecule has 0 unspecified atom stereocenters. The maximum atomic E-state index is 12.0. The van der Waals surface area contributed by atoms with Gasteiger partial charge in [-0.3, -0.25) is 4.79 Å². The second-order valence-electron chi connectivity index (χ2n) is 7.03. The molecule has 1 heterocycles. The summed E-state index contributed by atoms with van der Waals surface area (Å²) in [4.78, 5) is 15.4.